The fourth-order valence-electron chi connectivity index (χ4n) is 2.15. The zero-order chi connectivity index (χ0) is 12.3. The topological polar surface area (TPSA) is 15.3 Å². The van der Waals surface area contributed by atoms with Gasteiger partial charge in [-0.2, -0.15) is 0 Å². The second kappa shape index (κ2) is 5.45. The van der Waals surface area contributed by atoms with Crippen LogP contribution in [0.2, 0.25) is 0 Å². The summed E-state index contributed by atoms with van der Waals surface area (Å²) in [6.07, 6.45) is 1.89. The highest BCUT2D eigenvalue weighted by atomic mass is 19.1. The Hall–Kier alpha value is -1.16. The molecular formula is C13H18F2N2. The Labute approximate surface area is 101 Å². The van der Waals surface area contributed by atoms with Crippen molar-refractivity contribution in [2.75, 3.05) is 24.5 Å². The van der Waals surface area contributed by atoms with Crippen LogP contribution in [-0.4, -0.2) is 25.7 Å². The van der Waals surface area contributed by atoms with Crippen LogP contribution in [0.3, 0.4) is 0 Å². The largest absolute Gasteiger partial charge is 0.369 e. The van der Waals surface area contributed by atoms with Gasteiger partial charge in [-0.1, -0.05) is 0 Å². The molecule has 0 aliphatic carbocycles. The minimum absolute atomic E-state index is 0.340. The highest BCUT2D eigenvalue weighted by Gasteiger charge is 2.15. The Morgan fingerprint density at radius 2 is 2.12 bits per heavy atom. The summed E-state index contributed by atoms with van der Waals surface area (Å²) < 4.78 is 26.8. The molecule has 94 valence electrons. The predicted octanol–water partition coefficient (Wildman–Crippen LogP) is 2.54. The van der Waals surface area contributed by atoms with E-state index < -0.39 is 0 Å². The van der Waals surface area contributed by atoms with Crippen molar-refractivity contribution < 1.29 is 8.78 Å². The van der Waals surface area contributed by atoms with Crippen LogP contribution < -0.4 is 10.2 Å². The lowest BCUT2D eigenvalue weighted by molar-refractivity contribution is 0.471. The van der Waals surface area contributed by atoms with Crippen LogP contribution in [0.15, 0.2) is 18.2 Å². The van der Waals surface area contributed by atoms with E-state index in [0.29, 0.717) is 11.7 Å². The van der Waals surface area contributed by atoms with Gasteiger partial charge in [-0.05, 0) is 38.4 Å². The van der Waals surface area contributed by atoms with Gasteiger partial charge in [-0.25, -0.2) is 8.78 Å². The van der Waals surface area contributed by atoms with E-state index in [9.17, 15) is 8.78 Å². The number of anilines is 1. The lowest BCUT2D eigenvalue weighted by Crippen LogP contribution is -2.38. The van der Waals surface area contributed by atoms with E-state index in [0.717, 1.165) is 38.5 Å². The quantitative estimate of drug-likeness (QED) is 0.811. The Morgan fingerprint density at radius 1 is 1.29 bits per heavy atom. The van der Waals surface area contributed by atoms with Gasteiger partial charge in [0.05, 0.1) is 5.69 Å². The van der Waals surface area contributed by atoms with Gasteiger partial charge in [0.15, 0.2) is 0 Å². The summed E-state index contributed by atoms with van der Waals surface area (Å²) in [7, 11) is 0. The molecule has 1 unspecified atom stereocenters. The van der Waals surface area contributed by atoms with Gasteiger partial charge in [0, 0.05) is 25.2 Å². The SMILES string of the molecule is CC1CCN(c2cc(F)ccc2F)CCCN1. The average molecular weight is 240 g/mol. The Balaban J connectivity index is 2.16. The van der Waals surface area contributed by atoms with Crippen LogP contribution in [0.25, 0.3) is 0 Å². The molecule has 17 heavy (non-hydrogen) atoms. The average Bonchev–Trinajstić information content (AvgIpc) is 2.28. The van der Waals surface area contributed by atoms with E-state index >= 15 is 0 Å². The first-order valence-electron chi connectivity index (χ1n) is 6.10. The molecule has 1 aromatic carbocycles. The van der Waals surface area contributed by atoms with Gasteiger partial charge < -0.3 is 10.2 Å². The molecule has 0 aromatic heterocycles. The number of halogens is 2. The number of hydrogen-bond donors (Lipinski definition) is 1. The summed E-state index contributed by atoms with van der Waals surface area (Å²) in [6.45, 7) is 4.56. The third kappa shape index (κ3) is 3.16. The molecule has 1 saturated heterocycles. The third-order valence-electron chi connectivity index (χ3n) is 3.18. The highest BCUT2D eigenvalue weighted by Crippen LogP contribution is 2.21. The van der Waals surface area contributed by atoms with E-state index in [1.807, 2.05) is 4.90 Å². The maximum atomic E-state index is 13.7. The normalized spacial score (nSPS) is 22.1. The van der Waals surface area contributed by atoms with E-state index in [2.05, 4.69) is 12.2 Å². The number of rotatable bonds is 1. The molecule has 0 spiro atoms. The predicted molar refractivity (Wildman–Crippen MR) is 65.3 cm³/mol. The Bertz CT molecular complexity index is 382. The fourth-order valence-corrected chi connectivity index (χ4v) is 2.15. The Morgan fingerprint density at radius 3 is 2.94 bits per heavy atom. The maximum absolute atomic E-state index is 13.7. The molecular weight excluding hydrogens is 222 g/mol. The van der Waals surface area contributed by atoms with Crippen LogP contribution in [0.4, 0.5) is 14.5 Å². The van der Waals surface area contributed by atoms with Crippen LogP contribution in [0.1, 0.15) is 19.8 Å². The minimum atomic E-state index is -0.380. The molecule has 0 bridgehead atoms. The summed E-state index contributed by atoms with van der Waals surface area (Å²) in [4.78, 5) is 1.94. The molecule has 1 atom stereocenters. The maximum Gasteiger partial charge on any atom is 0.146 e. The van der Waals surface area contributed by atoms with Gasteiger partial charge in [0.2, 0.25) is 0 Å². The van der Waals surface area contributed by atoms with Crippen LogP contribution in [0, 0.1) is 11.6 Å². The summed E-state index contributed by atoms with van der Waals surface area (Å²) in [5.41, 5.74) is 0.388. The summed E-state index contributed by atoms with van der Waals surface area (Å²) >= 11 is 0. The third-order valence-corrected chi connectivity index (χ3v) is 3.18. The molecule has 1 fully saturated rings. The van der Waals surface area contributed by atoms with Gasteiger partial charge in [-0.15, -0.1) is 0 Å². The molecule has 0 saturated carbocycles. The molecule has 2 nitrogen and oxygen atoms in total. The number of benzene rings is 1. The highest BCUT2D eigenvalue weighted by molar-refractivity contribution is 5.48. The fraction of sp³-hybridized carbons (Fsp3) is 0.538. The second-order valence-electron chi connectivity index (χ2n) is 4.58. The number of nitrogens with one attached hydrogen (secondary N) is 1. The van der Waals surface area contributed by atoms with Gasteiger partial charge >= 0.3 is 0 Å². The van der Waals surface area contributed by atoms with E-state index in [-0.39, 0.29) is 11.6 Å². The standard InChI is InChI=1S/C13H18F2N2/c1-10-5-8-17(7-2-6-16-10)13-9-11(14)3-4-12(13)15/h3-4,9-10,16H,2,5-8H2,1H3. The van der Waals surface area contributed by atoms with Crippen molar-refractivity contribution >= 4 is 5.69 Å². The summed E-state index contributed by atoms with van der Waals surface area (Å²) in [6, 6.07) is 4.07. The number of nitrogens with zero attached hydrogens (tertiary/aromatic N) is 1. The van der Waals surface area contributed by atoms with Crippen molar-refractivity contribution in [3.05, 3.63) is 29.8 Å². The summed E-state index contributed by atoms with van der Waals surface area (Å²) in [5.74, 6) is -0.720. The van der Waals surface area contributed by atoms with E-state index in [1.54, 1.807) is 0 Å². The molecule has 1 heterocycles. The van der Waals surface area contributed by atoms with E-state index in [1.165, 1.54) is 12.1 Å². The molecule has 4 heteroatoms. The van der Waals surface area contributed by atoms with E-state index in [4.69, 9.17) is 0 Å². The molecule has 1 aromatic rings. The molecule has 1 N–H and O–H groups in total. The second-order valence-corrected chi connectivity index (χ2v) is 4.58. The molecule has 2 rings (SSSR count). The van der Waals surface area contributed by atoms with Crippen LogP contribution >= 0.6 is 0 Å². The molecule has 0 radical (unpaired) electrons. The van der Waals surface area contributed by atoms with Gasteiger partial charge in [0.25, 0.3) is 0 Å². The summed E-state index contributed by atoms with van der Waals surface area (Å²) in [5, 5.41) is 3.39. The van der Waals surface area contributed by atoms with Crippen molar-refractivity contribution in [1.29, 1.82) is 0 Å². The zero-order valence-corrected chi connectivity index (χ0v) is 10.0. The lowest BCUT2D eigenvalue weighted by atomic mass is 10.1. The van der Waals surface area contributed by atoms with Crippen molar-refractivity contribution in [2.24, 2.45) is 0 Å². The monoisotopic (exact) mass is 240 g/mol. The van der Waals surface area contributed by atoms with Crippen molar-refractivity contribution in [2.45, 2.75) is 25.8 Å². The number of hydrogen-bond acceptors (Lipinski definition) is 2. The lowest BCUT2D eigenvalue weighted by Gasteiger charge is -2.29. The van der Waals surface area contributed by atoms with Crippen molar-refractivity contribution in [3.8, 4) is 0 Å². The first-order valence-corrected chi connectivity index (χ1v) is 6.10. The zero-order valence-electron chi connectivity index (χ0n) is 10.0. The smallest absolute Gasteiger partial charge is 0.146 e. The van der Waals surface area contributed by atoms with Crippen molar-refractivity contribution in [1.82, 2.24) is 5.32 Å². The first kappa shape index (κ1) is 12.3. The van der Waals surface area contributed by atoms with Crippen LogP contribution in [0.5, 0.6) is 0 Å². The van der Waals surface area contributed by atoms with Crippen molar-refractivity contribution in [3.63, 3.8) is 0 Å². The van der Waals surface area contributed by atoms with Crippen LogP contribution in [-0.2, 0) is 0 Å². The molecule has 1 aliphatic heterocycles. The molecule has 0 amide bonds. The molecule has 1 aliphatic rings. The van der Waals surface area contributed by atoms with Gasteiger partial charge in [-0.3, -0.25) is 0 Å². The minimum Gasteiger partial charge on any atom is -0.369 e. The Kier molecular flexibility index (Phi) is 3.94. The van der Waals surface area contributed by atoms with Gasteiger partial charge in [0.1, 0.15) is 11.6 Å². The first-order chi connectivity index (χ1) is 8.16.